The Bertz CT molecular complexity index is 714. The van der Waals surface area contributed by atoms with Crippen molar-refractivity contribution in [2.24, 2.45) is 0 Å². The molecular formula is C14H13BrFN3O. The summed E-state index contributed by atoms with van der Waals surface area (Å²) in [5.41, 5.74) is 1.95. The first-order chi connectivity index (χ1) is 9.65. The number of rotatable bonds is 2. The molecule has 0 radical (unpaired) electrons. The maximum atomic E-state index is 13.8. The van der Waals surface area contributed by atoms with E-state index in [1.54, 1.807) is 12.1 Å². The Kier molecular flexibility index (Phi) is 3.67. The smallest absolute Gasteiger partial charge is 0.257 e. The van der Waals surface area contributed by atoms with Gasteiger partial charge in [0, 0.05) is 22.1 Å². The van der Waals surface area contributed by atoms with E-state index >= 15 is 0 Å². The highest BCUT2D eigenvalue weighted by atomic mass is 79.9. The number of fused-ring (bicyclic) bond motifs is 1. The first kappa shape index (κ1) is 13.5. The van der Waals surface area contributed by atoms with Gasteiger partial charge in [0.05, 0.1) is 18.6 Å². The monoisotopic (exact) mass is 337 g/mol. The third-order valence-electron chi connectivity index (χ3n) is 3.42. The van der Waals surface area contributed by atoms with Crippen LogP contribution in [0.5, 0.6) is 0 Å². The molecule has 1 aliphatic heterocycles. The van der Waals surface area contributed by atoms with Crippen molar-refractivity contribution in [3.05, 3.63) is 62.0 Å². The molecule has 0 unspecified atom stereocenters. The lowest BCUT2D eigenvalue weighted by Crippen LogP contribution is -2.34. The van der Waals surface area contributed by atoms with Crippen LogP contribution in [0.15, 0.2) is 33.8 Å². The van der Waals surface area contributed by atoms with Crippen molar-refractivity contribution in [3.8, 4) is 0 Å². The molecule has 20 heavy (non-hydrogen) atoms. The van der Waals surface area contributed by atoms with E-state index in [1.165, 1.54) is 17.0 Å². The standard InChI is InChI=1S/C14H13BrFN3O/c15-10-2-1-9(12(16)5-10)7-19-8-18-13-6-17-4-3-11(13)14(19)20/h1-2,5,8,17H,3-4,6-7H2. The third-order valence-corrected chi connectivity index (χ3v) is 3.91. The summed E-state index contributed by atoms with van der Waals surface area (Å²) >= 11 is 3.22. The van der Waals surface area contributed by atoms with Crippen LogP contribution in [0.3, 0.4) is 0 Å². The minimum Gasteiger partial charge on any atom is -0.311 e. The molecule has 0 spiro atoms. The average molecular weight is 338 g/mol. The van der Waals surface area contributed by atoms with Gasteiger partial charge >= 0.3 is 0 Å². The van der Waals surface area contributed by atoms with Crippen molar-refractivity contribution in [1.82, 2.24) is 14.9 Å². The molecule has 1 aromatic heterocycles. The Hall–Kier alpha value is -1.53. The summed E-state index contributed by atoms with van der Waals surface area (Å²) in [5, 5.41) is 3.18. The molecule has 0 saturated heterocycles. The average Bonchev–Trinajstić information content (AvgIpc) is 2.45. The topological polar surface area (TPSA) is 46.9 Å². The number of nitrogens with one attached hydrogen (secondary N) is 1. The molecular weight excluding hydrogens is 325 g/mol. The van der Waals surface area contributed by atoms with Crippen LogP contribution in [-0.2, 0) is 19.5 Å². The molecule has 4 nitrogen and oxygen atoms in total. The maximum Gasteiger partial charge on any atom is 0.257 e. The van der Waals surface area contributed by atoms with E-state index in [9.17, 15) is 9.18 Å². The van der Waals surface area contributed by atoms with E-state index in [0.29, 0.717) is 23.0 Å². The van der Waals surface area contributed by atoms with Gasteiger partial charge in [0.15, 0.2) is 0 Å². The van der Waals surface area contributed by atoms with Gasteiger partial charge in [-0.05, 0) is 25.1 Å². The number of hydrogen-bond donors (Lipinski definition) is 1. The summed E-state index contributed by atoms with van der Waals surface area (Å²) in [4.78, 5) is 16.7. The fourth-order valence-corrected chi connectivity index (χ4v) is 2.67. The van der Waals surface area contributed by atoms with Gasteiger partial charge in [0.1, 0.15) is 5.82 Å². The molecule has 2 aromatic rings. The predicted octanol–water partition coefficient (Wildman–Crippen LogP) is 1.84. The minimum atomic E-state index is -0.328. The maximum absolute atomic E-state index is 13.8. The molecule has 0 fully saturated rings. The van der Waals surface area contributed by atoms with E-state index in [-0.39, 0.29) is 17.9 Å². The largest absolute Gasteiger partial charge is 0.311 e. The highest BCUT2D eigenvalue weighted by molar-refractivity contribution is 9.10. The number of nitrogens with zero attached hydrogens (tertiary/aromatic N) is 2. The molecule has 104 valence electrons. The van der Waals surface area contributed by atoms with Crippen LogP contribution in [0.1, 0.15) is 16.8 Å². The minimum absolute atomic E-state index is 0.0705. The van der Waals surface area contributed by atoms with E-state index in [2.05, 4.69) is 26.2 Å². The van der Waals surface area contributed by atoms with Crippen LogP contribution in [0, 0.1) is 5.82 Å². The van der Waals surface area contributed by atoms with Crippen LogP contribution in [0.25, 0.3) is 0 Å². The Labute approximate surface area is 123 Å². The predicted molar refractivity (Wildman–Crippen MR) is 77.1 cm³/mol. The third kappa shape index (κ3) is 2.53. The van der Waals surface area contributed by atoms with Gasteiger partial charge in [-0.2, -0.15) is 0 Å². The van der Waals surface area contributed by atoms with E-state index in [4.69, 9.17) is 0 Å². The van der Waals surface area contributed by atoms with Crippen LogP contribution in [-0.4, -0.2) is 16.1 Å². The highest BCUT2D eigenvalue weighted by Gasteiger charge is 2.15. The number of aromatic nitrogens is 2. The van der Waals surface area contributed by atoms with Gasteiger partial charge in [-0.1, -0.05) is 22.0 Å². The van der Waals surface area contributed by atoms with E-state index < -0.39 is 0 Å². The summed E-state index contributed by atoms with van der Waals surface area (Å²) in [6.45, 7) is 1.60. The van der Waals surface area contributed by atoms with Gasteiger partial charge < -0.3 is 5.32 Å². The second kappa shape index (κ2) is 5.46. The molecule has 3 rings (SSSR count). The molecule has 0 aliphatic carbocycles. The van der Waals surface area contributed by atoms with Gasteiger partial charge in [-0.25, -0.2) is 9.37 Å². The molecule has 0 saturated carbocycles. The summed E-state index contributed by atoms with van der Waals surface area (Å²) in [7, 11) is 0. The van der Waals surface area contributed by atoms with Crippen molar-refractivity contribution >= 4 is 15.9 Å². The van der Waals surface area contributed by atoms with Gasteiger partial charge in [-0.3, -0.25) is 9.36 Å². The molecule has 1 N–H and O–H groups in total. The Balaban J connectivity index is 1.97. The summed E-state index contributed by atoms with van der Waals surface area (Å²) in [6, 6.07) is 4.84. The van der Waals surface area contributed by atoms with Crippen LogP contribution in [0.2, 0.25) is 0 Å². The second-order valence-corrected chi connectivity index (χ2v) is 5.68. The van der Waals surface area contributed by atoms with Crippen molar-refractivity contribution in [3.63, 3.8) is 0 Å². The zero-order valence-corrected chi connectivity index (χ0v) is 12.3. The molecule has 0 amide bonds. The first-order valence-electron chi connectivity index (χ1n) is 6.37. The quantitative estimate of drug-likeness (QED) is 0.909. The van der Waals surface area contributed by atoms with Crippen molar-refractivity contribution in [2.45, 2.75) is 19.5 Å². The Morgan fingerprint density at radius 3 is 3.10 bits per heavy atom. The first-order valence-corrected chi connectivity index (χ1v) is 7.16. The summed E-state index contributed by atoms with van der Waals surface area (Å²) in [6.07, 6.45) is 2.17. The second-order valence-electron chi connectivity index (χ2n) is 4.77. The van der Waals surface area contributed by atoms with Crippen molar-refractivity contribution in [1.29, 1.82) is 0 Å². The zero-order valence-electron chi connectivity index (χ0n) is 10.7. The fourth-order valence-electron chi connectivity index (χ4n) is 2.34. The lowest BCUT2D eigenvalue weighted by Gasteiger charge is -2.17. The highest BCUT2D eigenvalue weighted by Crippen LogP contribution is 2.16. The number of benzene rings is 1. The summed E-state index contributed by atoms with van der Waals surface area (Å²) in [5.74, 6) is -0.328. The van der Waals surface area contributed by atoms with Crippen LogP contribution < -0.4 is 10.9 Å². The lowest BCUT2D eigenvalue weighted by molar-refractivity contribution is 0.575. The molecule has 1 aliphatic rings. The fraction of sp³-hybridized carbons (Fsp3) is 0.286. The number of hydrogen-bond acceptors (Lipinski definition) is 3. The molecule has 2 heterocycles. The molecule has 6 heteroatoms. The van der Waals surface area contributed by atoms with Crippen LogP contribution >= 0.6 is 15.9 Å². The van der Waals surface area contributed by atoms with Gasteiger partial charge in [0.2, 0.25) is 0 Å². The number of halogens is 2. The molecule has 0 atom stereocenters. The zero-order chi connectivity index (χ0) is 14.1. The van der Waals surface area contributed by atoms with Crippen molar-refractivity contribution in [2.75, 3.05) is 6.54 Å². The Morgan fingerprint density at radius 1 is 1.45 bits per heavy atom. The van der Waals surface area contributed by atoms with Gasteiger partial charge in [0.25, 0.3) is 5.56 Å². The SMILES string of the molecule is O=c1c2c(ncn1Cc1ccc(Br)cc1F)CNCC2. The summed E-state index contributed by atoms with van der Waals surface area (Å²) < 4.78 is 16.0. The van der Waals surface area contributed by atoms with Gasteiger partial charge in [-0.15, -0.1) is 0 Å². The van der Waals surface area contributed by atoms with E-state index in [1.807, 2.05) is 0 Å². The Morgan fingerprint density at radius 2 is 2.30 bits per heavy atom. The van der Waals surface area contributed by atoms with Crippen molar-refractivity contribution < 1.29 is 4.39 Å². The van der Waals surface area contributed by atoms with Crippen LogP contribution in [0.4, 0.5) is 4.39 Å². The molecule has 1 aromatic carbocycles. The normalized spacial score (nSPS) is 14.1. The lowest BCUT2D eigenvalue weighted by atomic mass is 10.1. The molecule has 0 bridgehead atoms. The van der Waals surface area contributed by atoms with E-state index in [0.717, 1.165) is 17.8 Å².